The van der Waals surface area contributed by atoms with Crippen LogP contribution in [0.4, 0.5) is 5.69 Å². The highest BCUT2D eigenvalue weighted by Crippen LogP contribution is 2.31. The Morgan fingerprint density at radius 2 is 2.19 bits per heavy atom. The average Bonchev–Trinajstić information content (AvgIpc) is 2.86. The van der Waals surface area contributed by atoms with Crippen molar-refractivity contribution >= 4 is 5.69 Å². The fraction of sp³-hybridized carbons (Fsp3) is 0.400. The summed E-state index contributed by atoms with van der Waals surface area (Å²) in [5.74, 6) is 1.01. The van der Waals surface area contributed by atoms with Gasteiger partial charge in [0.25, 0.3) is 5.69 Å². The number of aromatic nitrogens is 1. The molecule has 6 nitrogen and oxygen atoms in total. The number of oxazole rings is 1. The number of hydrogen-bond acceptors (Lipinski definition) is 5. The summed E-state index contributed by atoms with van der Waals surface area (Å²) in [6.07, 6.45) is 2.20. The van der Waals surface area contributed by atoms with E-state index in [2.05, 4.69) is 24.1 Å². The number of nitrogens with zero attached hydrogens (tertiary/aromatic N) is 2. The van der Waals surface area contributed by atoms with Gasteiger partial charge in [0.2, 0.25) is 0 Å². The molecule has 2 rings (SSSR count). The summed E-state index contributed by atoms with van der Waals surface area (Å²) in [6.45, 7) is 6.78. The molecule has 0 amide bonds. The van der Waals surface area contributed by atoms with Crippen molar-refractivity contribution in [3.8, 4) is 11.3 Å². The lowest BCUT2D eigenvalue weighted by Crippen LogP contribution is -2.24. The van der Waals surface area contributed by atoms with E-state index in [1.165, 1.54) is 6.07 Å². The zero-order chi connectivity index (χ0) is 15.4. The van der Waals surface area contributed by atoms with Gasteiger partial charge in [-0.3, -0.25) is 10.1 Å². The molecule has 1 heterocycles. The first-order valence-electron chi connectivity index (χ1n) is 6.91. The zero-order valence-electron chi connectivity index (χ0n) is 12.4. The topological polar surface area (TPSA) is 81.2 Å². The summed E-state index contributed by atoms with van der Waals surface area (Å²) in [5, 5.41) is 14.4. The number of nitrogens with one attached hydrogen (secondary N) is 1. The Labute approximate surface area is 123 Å². The molecule has 1 aromatic carbocycles. The second-order valence-electron chi connectivity index (χ2n) is 5.25. The molecule has 112 valence electrons. The van der Waals surface area contributed by atoms with E-state index in [1.54, 1.807) is 18.3 Å². The minimum Gasteiger partial charge on any atom is -0.440 e. The average molecular weight is 289 g/mol. The second-order valence-corrected chi connectivity index (χ2v) is 5.25. The van der Waals surface area contributed by atoms with Gasteiger partial charge in [-0.2, -0.15) is 0 Å². The largest absolute Gasteiger partial charge is 0.440 e. The van der Waals surface area contributed by atoms with Gasteiger partial charge in [-0.25, -0.2) is 4.98 Å². The van der Waals surface area contributed by atoms with Crippen molar-refractivity contribution in [2.45, 2.75) is 33.2 Å². The van der Waals surface area contributed by atoms with Crippen LogP contribution in [0.3, 0.4) is 0 Å². The van der Waals surface area contributed by atoms with Crippen molar-refractivity contribution in [1.82, 2.24) is 10.3 Å². The third-order valence-electron chi connectivity index (χ3n) is 3.06. The SMILES string of the molecule is Cc1ccc([N+](=O)[O-])c(-c2cnc(CCNC(C)C)o2)c1. The molecule has 0 saturated carbocycles. The molecule has 0 bridgehead atoms. The predicted octanol–water partition coefficient (Wildman–Crippen LogP) is 3.10. The summed E-state index contributed by atoms with van der Waals surface area (Å²) in [7, 11) is 0. The van der Waals surface area contributed by atoms with E-state index in [0.717, 1.165) is 12.1 Å². The van der Waals surface area contributed by atoms with Gasteiger partial charge < -0.3 is 9.73 Å². The first kappa shape index (κ1) is 15.2. The molecule has 21 heavy (non-hydrogen) atoms. The van der Waals surface area contributed by atoms with E-state index in [-0.39, 0.29) is 5.69 Å². The summed E-state index contributed by atoms with van der Waals surface area (Å²) < 4.78 is 5.64. The lowest BCUT2D eigenvalue weighted by Gasteiger charge is -2.05. The van der Waals surface area contributed by atoms with Gasteiger partial charge >= 0.3 is 0 Å². The van der Waals surface area contributed by atoms with Crippen LogP contribution >= 0.6 is 0 Å². The van der Waals surface area contributed by atoms with Gasteiger partial charge in [0.1, 0.15) is 0 Å². The third-order valence-corrected chi connectivity index (χ3v) is 3.06. The molecule has 0 unspecified atom stereocenters. The second kappa shape index (κ2) is 6.49. The van der Waals surface area contributed by atoms with Crippen LogP contribution in [0.5, 0.6) is 0 Å². The molecule has 0 saturated heterocycles. The van der Waals surface area contributed by atoms with Crippen LogP contribution < -0.4 is 5.32 Å². The van der Waals surface area contributed by atoms with Crippen molar-refractivity contribution in [2.75, 3.05) is 6.54 Å². The van der Waals surface area contributed by atoms with Crippen LogP contribution in [0.1, 0.15) is 25.3 Å². The fourth-order valence-corrected chi connectivity index (χ4v) is 2.02. The van der Waals surface area contributed by atoms with E-state index >= 15 is 0 Å². The zero-order valence-corrected chi connectivity index (χ0v) is 12.4. The van der Waals surface area contributed by atoms with Crippen molar-refractivity contribution in [3.63, 3.8) is 0 Å². The molecule has 2 aromatic rings. The van der Waals surface area contributed by atoms with Gasteiger partial charge in [0.05, 0.1) is 16.7 Å². The molecule has 0 aliphatic rings. The Bertz CT molecular complexity index is 635. The third kappa shape index (κ3) is 3.88. The molecule has 0 aliphatic carbocycles. The fourth-order valence-electron chi connectivity index (χ4n) is 2.02. The Morgan fingerprint density at radius 3 is 2.86 bits per heavy atom. The highest BCUT2D eigenvalue weighted by atomic mass is 16.6. The number of benzene rings is 1. The van der Waals surface area contributed by atoms with Gasteiger partial charge in [-0.15, -0.1) is 0 Å². The van der Waals surface area contributed by atoms with Crippen LogP contribution in [0.15, 0.2) is 28.8 Å². The molecule has 0 aliphatic heterocycles. The van der Waals surface area contributed by atoms with E-state index in [9.17, 15) is 10.1 Å². The maximum absolute atomic E-state index is 11.1. The summed E-state index contributed by atoms with van der Waals surface area (Å²) in [4.78, 5) is 14.9. The van der Waals surface area contributed by atoms with Gasteiger partial charge in [-0.1, -0.05) is 19.9 Å². The van der Waals surface area contributed by atoms with Crippen molar-refractivity contribution in [1.29, 1.82) is 0 Å². The summed E-state index contributed by atoms with van der Waals surface area (Å²) in [6, 6.07) is 5.35. The highest BCUT2D eigenvalue weighted by Gasteiger charge is 2.18. The monoisotopic (exact) mass is 289 g/mol. The van der Waals surface area contributed by atoms with Crippen LogP contribution in [-0.4, -0.2) is 22.5 Å². The number of nitro benzene ring substituents is 1. The van der Waals surface area contributed by atoms with Crippen molar-refractivity contribution in [2.24, 2.45) is 0 Å². The molecule has 0 fully saturated rings. The minimum atomic E-state index is -0.405. The summed E-state index contributed by atoms with van der Waals surface area (Å²) >= 11 is 0. The normalized spacial score (nSPS) is 11.0. The maximum Gasteiger partial charge on any atom is 0.280 e. The Hall–Kier alpha value is -2.21. The maximum atomic E-state index is 11.1. The van der Waals surface area contributed by atoms with Crippen LogP contribution in [0, 0.1) is 17.0 Å². The Morgan fingerprint density at radius 1 is 1.43 bits per heavy atom. The van der Waals surface area contributed by atoms with Crippen LogP contribution in [-0.2, 0) is 6.42 Å². The van der Waals surface area contributed by atoms with Gasteiger partial charge in [0, 0.05) is 25.1 Å². The van der Waals surface area contributed by atoms with Crippen LogP contribution in [0.25, 0.3) is 11.3 Å². The smallest absolute Gasteiger partial charge is 0.280 e. The molecule has 0 spiro atoms. The molecule has 6 heteroatoms. The van der Waals surface area contributed by atoms with E-state index in [1.807, 2.05) is 6.92 Å². The first-order chi connectivity index (χ1) is 9.97. The van der Waals surface area contributed by atoms with E-state index in [0.29, 0.717) is 29.7 Å². The quantitative estimate of drug-likeness (QED) is 0.652. The van der Waals surface area contributed by atoms with Crippen molar-refractivity contribution < 1.29 is 9.34 Å². The van der Waals surface area contributed by atoms with Gasteiger partial charge in [-0.05, 0) is 18.6 Å². The van der Waals surface area contributed by atoms with E-state index < -0.39 is 4.92 Å². The van der Waals surface area contributed by atoms with Crippen LogP contribution in [0.2, 0.25) is 0 Å². The molecule has 1 aromatic heterocycles. The molecule has 0 radical (unpaired) electrons. The number of rotatable bonds is 6. The predicted molar refractivity (Wildman–Crippen MR) is 80.2 cm³/mol. The molecular formula is C15H19N3O3. The lowest BCUT2D eigenvalue weighted by atomic mass is 10.1. The first-order valence-corrected chi connectivity index (χ1v) is 6.91. The number of aryl methyl sites for hydroxylation is 1. The number of hydrogen-bond donors (Lipinski definition) is 1. The standard InChI is InChI=1S/C15H19N3O3/c1-10(2)16-7-6-15-17-9-14(21-15)12-8-11(3)4-5-13(12)18(19)20/h4-5,8-10,16H,6-7H2,1-3H3. The van der Waals surface area contributed by atoms with Crippen molar-refractivity contribution in [3.05, 3.63) is 46.0 Å². The Kier molecular flexibility index (Phi) is 4.70. The highest BCUT2D eigenvalue weighted by molar-refractivity contribution is 5.69. The lowest BCUT2D eigenvalue weighted by molar-refractivity contribution is -0.384. The molecular weight excluding hydrogens is 270 g/mol. The minimum absolute atomic E-state index is 0.0311. The Balaban J connectivity index is 2.21. The number of nitro groups is 1. The van der Waals surface area contributed by atoms with E-state index in [4.69, 9.17) is 4.42 Å². The summed E-state index contributed by atoms with van der Waals surface area (Å²) in [5.41, 5.74) is 1.44. The van der Waals surface area contributed by atoms with Gasteiger partial charge in [0.15, 0.2) is 11.7 Å². The molecule has 1 N–H and O–H groups in total. The molecule has 0 atom stereocenters.